The quantitative estimate of drug-likeness (QED) is 0.670. The van der Waals surface area contributed by atoms with E-state index in [4.69, 9.17) is 4.42 Å². The van der Waals surface area contributed by atoms with Crippen LogP contribution in [0.3, 0.4) is 0 Å². The van der Waals surface area contributed by atoms with Crippen molar-refractivity contribution in [3.8, 4) is 0 Å². The maximum atomic E-state index is 12.0. The number of nitrogens with zero attached hydrogens (tertiary/aromatic N) is 1. The van der Waals surface area contributed by atoms with Gasteiger partial charge in [-0.05, 0) is 31.2 Å². The number of amidine groups is 1. The highest BCUT2D eigenvalue weighted by atomic mass is 32.2. The number of hydrogen-bond acceptors (Lipinski definition) is 6. The molecule has 1 aliphatic heterocycles. The van der Waals surface area contributed by atoms with E-state index in [0.29, 0.717) is 5.56 Å². The first-order valence-corrected chi connectivity index (χ1v) is 8.70. The van der Waals surface area contributed by atoms with E-state index in [1.807, 2.05) is 0 Å². The van der Waals surface area contributed by atoms with E-state index in [-0.39, 0.29) is 16.5 Å². The van der Waals surface area contributed by atoms with Gasteiger partial charge in [0.15, 0.2) is 5.76 Å². The Morgan fingerprint density at radius 3 is 2.64 bits per heavy atom. The normalized spacial score (nSPS) is 17.4. The second-order valence-corrected chi connectivity index (χ2v) is 6.83. The third-order valence-electron chi connectivity index (χ3n) is 3.41. The Morgan fingerprint density at radius 2 is 1.92 bits per heavy atom. The highest BCUT2D eigenvalue weighted by Gasteiger charge is 2.31. The third-order valence-corrected chi connectivity index (χ3v) is 4.81. The standard InChI is InChI=1S/C15H14N4O5S/c1-9(14(20)17-18-15(21)11-6-4-8-24-11)16-13-10-5-2-3-7-12(10)25(22,23)19-13/h2-9H,1H3,(H,16,19)(H,17,20)(H,18,21)/t9-/m0/s1. The Kier molecular flexibility index (Phi) is 4.28. The molecule has 1 aromatic heterocycles. The molecule has 0 radical (unpaired) electrons. The molecular weight excluding hydrogens is 348 g/mol. The van der Waals surface area contributed by atoms with Gasteiger partial charge in [-0.2, -0.15) is 0 Å². The van der Waals surface area contributed by atoms with E-state index >= 15 is 0 Å². The predicted octanol–water partition coefficient (Wildman–Crippen LogP) is 0.168. The maximum absolute atomic E-state index is 12.0. The molecule has 0 unspecified atom stereocenters. The highest BCUT2D eigenvalue weighted by molar-refractivity contribution is 7.90. The van der Waals surface area contributed by atoms with Crippen molar-refractivity contribution in [1.29, 1.82) is 0 Å². The first-order valence-electron chi connectivity index (χ1n) is 7.22. The fourth-order valence-electron chi connectivity index (χ4n) is 2.17. The zero-order chi connectivity index (χ0) is 18.0. The third kappa shape index (κ3) is 3.38. The number of benzene rings is 1. The van der Waals surface area contributed by atoms with E-state index in [0.717, 1.165) is 0 Å². The number of carbonyl (C=O) groups is 2. The number of nitrogens with one attached hydrogen (secondary N) is 3. The van der Waals surface area contributed by atoms with Gasteiger partial charge in [0.25, 0.3) is 15.9 Å². The summed E-state index contributed by atoms with van der Waals surface area (Å²) in [4.78, 5) is 27.9. The number of hydrogen-bond donors (Lipinski definition) is 3. The molecule has 2 aromatic rings. The Bertz CT molecular complexity index is 950. The molecule has 130 valence electrons. The molecule has 2 heterocycles. The summed E-state index contributed by atoms with van der Waals surface area (Å²) in [6.07, 6.45) is 1.33. The molecule has 3 N–H and O–H groups in total. The van der Waals surface area contributed by atoms with Gasteiger partial charge in [-0.15, -0.1) is 0 Å². The fraction of sp³-hybridized carbons (Fsp3) is 0.133. The summed E-state index contributed by atoms with van der Waals surface area (Å²) in [6, 6.07) is 8.35. The summed E-state index contributed by atoms with van der Waals surface area (Å²) < 4.78 is 31.2. The number of carbonyl (C=O) groups excluding carboxylic acids is 2. The lowest BCUT2D eigenvalue weighted by Crippen LogP contribution is -2.45. The molecule has 0 bridgehead atoms. The van der Waals surface area contributed by atoms with Crippen LogP contribution < -0.4 is 15.6 Å². The molecule has 9 nitrogen and oxygen atoms in total. The van der Waals surface area contributed by atoms with Crippen LogP contribution in [0.4, 0.5) is 0 Å². The average molecular weight is 362 g/mol. The summed E-state index contributed by atoms with van der Waals surface area (Å²) in [5, 5.41) is 0. The van der Waals surface area contributed by atoms with Crippen molar-refractivity contribution in [3.63, 3.8) is 0 Å². The number of furan rings is 1. The van der Waals surface area contributed by atoms with Crippen molar-refractivity contribution in [2.75, 3.05) is 0 Å². The Balaban J connectivity index is 1.69. The monoisotopic (exact) mass is 362 g/mol. The minimum Gasteiger partial charge on any atom is -0.459 e. The van der Waals surface area contributed by atoms with Crippen LogP contribution in [0.1, 0.15) is 23.0 Å². The van der Waals surface area contributed by atoms with Crippen molar-refractivity contribution >= 4 is 27.7 Å². The number of amides is 2. The van der Waals surface area contributed by atoms with Crippen LogP contribution in [-0.2, 0) is 14.8 Å². The molecule has 2 amide bonds. The van der Waals surface area contributed by atoms with Gasteiger partial charge in [0.1, 0.15) is 11.9 Å². The van der Waals surface area contributed by atoms with Gasteiger partial charge in [0, 0.05) is 5.56 Å². The zero-order valence-corrected chi connectivity index (χ0v) is 13.8. The first-order chi connectivity index (χ1) is 11.9. The summed E-state index contributed by atoms with van der Waals surface area (Å²) in [6.45, 7) is 1.47. The number of aliphatic imine (C=N–C) groups is 1. The molecule has 1 aliphatic rings. The molecule has 0 spiro atoms. The first kappa shape index (κ1) is 16.7. The molecule has 3 rings (SSSR count). The van der Waals surface area contributed by atoms with Gasteiger partial charge in [-0.25, -0.2) is 8.42 Å². The van der Waals surface area contributed by atoms with Gasteiger partial charge >= 0.3 is 5.91 Å². The van der Waals surface area contributed by atoms with Gasteiger partial charge < -0.3 is 4.42 Å². The lowest BCUT2D eigenvalue weighted by atomic mass is 10.2. The SMILES string of the molecule is C[C@H](N=C1NS(=O)(=O)c2ccccc21)C(=O)NNC(=O)c1ccco1. The zero-order valence-electron chi connectivity index (χ0n) is 13.0. The van der Waals surface area contributed by atoms with Crippen molar-refractivity contribution in [2.24, 2.45) is 4.99 Å². The predicted molar refractivity (Wildman–Crippen MR) is 87.1 cm³/mol. The summed E-state index contributed by atoms with van der Waals surface area (Å²) in [5.41, 5.74) is 4.78. The second-order valence-electron chi connectivity index (χ2n) is 5.18. The molecule has 0 aliphatic carbocycles. The van der Waals surface area contributed by atoms with Gasteiger partial charge in [0.2, 0.25) is 0 Å². The molecule has 1 aromatic carbocycles. The van der Waals surface area contributed by atoms with Crippen molar-refractivity contribution < 1.29 is 22.4 Å². The lowest BCUT2D eigenvalue weighted by molar-refractivity contribution is -0.122. The number of sulfonamides is 1. The van der Waals surface area contributed by atoms with E-state index in [1.54, 1.807) is 18.2 Å². The molecule has 0 saturated heterocycles. The van der Waals surface area contributed by atoms with Crippen LogP contribution in [0, 0.1) is 0 Å². The van der Waals surface area contributed by atoms with Gasteiger partial charge in [0.05, 0.1) is 11.2 Å². The topological polar surface area (TPSA) is 130 Å². The molecule has 1 atom stereocenters. The van der Waals surface area contributed by atoms with Crippen LogP contribution in [0.25, 0.3) is 0 Å². The molecule has 10 heteroatoms. The van der Waals surface area contributed by atoms with Crippen molar-refractivity contribution in [3.05, 3.63) is 54.0 Å². The Hall–Kier alpha value is -3.14. The summed E-state index contributed by atoms with van der Waals surface area (Å²) in [7, 11) is -3.68. The smallest absolute Gasteiger partial charge is 0.305 e. The molecule has 0 saturated carbocycles. The minimum absolute atomic E-state index is 0.0387. The van der Waals surface area contributed by atoms with Gasteiger partial charge in [-0.1, -0.05) is 12.1 Å². The summed E-state index contributed by atoms with van der Waals surface area (Å²) in [5.74, 6) is -1.12. The fourth-order valence-corrected chi connectivity index (χ4v) is 3.41. The van der Waals surface area contributed by atoms with Crippen LogP contribution in [0.15, 0.2) is 57.0 Å². The van der Waals surface area contributed by atoms with E-state index < -0.39 is 27.9 Å². The molecular formula is C15H14N4O5S. The lowest BCUT2D eigenvalue weighted by Gasteiger charge is -2.10. The highest BCUT2D eigenvalue weighted by Crippen LogP contribution is 2.22. The maximum Gasteiger partial charge on any atom is 0.305 e. The Morgan fingerprint density at radius 1 is 1.16 bits per heavy atom. The Labute approximate surface area is 143 Å². The number of hydrazine groups is 1. The second kappa shape index (κ2) is 6.40. The average Bonchev–Trinajstić information content (AvgIpc) is 3.20. The van der Waals surface area contributed by atoms with Gasteiger partial charge in [-0.3, -0.25) is 30.2 Å². The number of fused-ring (bicyclic) bond motifs is 1. The molecule has 25 heavy (non-hydrogen) atoms. The number of rotatable bonds is 3. The van der Waals surface area contributed by atoms with E-state index in [9.17, 15) is 18.0 Å². The summed E-state index contributed by atoms with van der Waals surface area (Å²) >= 11 is 0. The van der Waals surface area contributed by atoms with Crippen molar-refractivity contribution in [1.82, 2.24) is 15.6 Å². The largest absolute Gasteiger partial charge is 0.459 e. The van der Waals surface area contributed by atoms with E-state index in [2.05, 4.69) is 20.6 Å². The van der Waals surface area contributed by atoms with Crippen LogP contribution in [0.5, 0.6) is 0 Å². The molecule has 0 fully saturated rings. The van der Waals surface area contributed by atoms with Crippen LogP contribution >= 0.6 is 0 Å². The minimum atomic E-state index is -3.68. The van der Waals surface area contributed by atoms with Crippen molar-refractivity contribution in [2.45, 2.75) is 17.9 Å². The van der Waals surface area contributed by atoms with Crippen LogP contribution in [0.2, 0.25) is 0 Å². The van der Waals surface area contributed by atoms with Crippen LogP contribution in [-0.4, -0.2) is 32.1 Å². The van der Waals surface area contributed by atoms with E-state index in [1.165, 1.54) is 31.4 Å².